The fraction of sp³-hybridized carbons (Fsp3) is 0.455. The van der Waals surface area contributed by atoms with Crippen molar-refractivity contribution in [2.24, 2.45) is 5.92 Å². The molecule has 1 saturated heterocycles. The number of rotatable bonds is 8. The third-order valence-electron chi connectivity index (χ3n) is 6.06. The number of anilines is 1. The van der Waals surface area contributed by atoms with Gasteiger partial charge in [0, 0.05) is 43.1 Å². The number of carbonyl (C=O) groups excluding carboxylic acids is 2. The van der Waals surface area contributed by atoms with E-state index >= 15 is 0 Å². The number of benzene rings is 1. The maximum absolute atomic E-state index is 13.1. The van der Waals surface area contributed by atoms with Crippen molar-refractivity contribution >= 4 is 23.2 Å². The normalized spacial score (nSPS) is 24.0. The zero-order valence-corrected chi connectivity index (χ0v) is 17.4. The van der Waals surface area contributed by atoms with Crippen molar-refractivity contribution in [2.75, 3.05) is 24.6 Å². The Morgan fingerprint density at radius 3 is 2.87 bits per heavy atom. The van der Waals surface area contributed by atoms with Crippen LogP contribution in [0.1, 0.15) is 31.7 Å². The molecule has 31 heavy (non-hydrogen) atoms. The fourth-order valence-corrected chi connectivity index (χ4v) is 4.34. The van der Waals surface area contributed by atoms with Crippen LogP contribution < -0.4 is 4.90 Å². The first-order valence-electron chi connectivity index (χ1n) is 10.3. The Kier molecular flexibility index (Phi) is 6.56. The molecule has 3 atom stereocenters. The van der Waals surface area contributed by atoms with E-state index < -0.39 is 22.3 Å². The van der Waals surface area contributed by atoms with Crippen LogP contribution in [-0.4, -0.2) is 57.6 Å². The van der Waals surface area contributed by atoms with Crippen molar-refractivity contribution in [3.05, 3.63) is 58.7 Å². The lowest BCUT2D eigenvalue weighted by Crippen LogP contribution is -2.44. The molecular weight excluding hydrogens is 402 g/mol. The molecule has 1 fully saturated rings. The average molecular weight is 429 g/mol. The van der Waals surface area contributed by atoms with E-state index in [0.29, 0.717) is 12.2 Å². The fourth-order valence-electron chi connectivity index (χ4n) is 4.34. The SMILES string of the molecule is C=CCN1C(=O)[C@](O)([C@H](C)/C=C/CC(=O)N2CCC[C@H]2CO)c2cc([N+](=O)[O-])ccc21. The van der Waals surface area contributed by atoms with Crippen LogP contribution in [0.25, 0.3) is 0 Å². The van der Waals surface area contributed by atoms with Gasteiger partial charge in [0.15, 0.2) is 5.60 Å². The van der Waals surface area contributed by atoms with E-state index in [1.165, 1.54) is 29.2 Å². The highest BCUT2D eigenvalue weighted by atomic mass is 16.6. The van der Waals surface area contributed by atoms with Crippen molar-refractivity contribution in [1.82, 2.24) is 4.90 Å². The van der Waals surface area contributed by atoms with Crippen LogP contribution in [0.3, 0.4) is 0 Å². The highest BCUT2D eigenvalue weighted by Gasteiger charge is 2.52. The maximum atomic E-state index is 13.1. The number of aliphatic hydroxyl groups excluding tert-OH is 1. The predicted octanol–water partition coefficient (Wildman–Crippen LogP) is 1.88. The van der Waals surface area contributed by atoms with Gasteiger partial charge in [-0.3, -0.25) is 19.7 Å². The number of non-ortho nitro benzene ring substituents is 1. The molecular formula is C22H27N3O6. The van der Waals surface area contributed by atoms with Crippen LogP contribution in [-0.2, 0) is 15.2 Å². The van der Waals surface area contributed by atoms with E-state index in [2.05, 4.69) is 6.58 Å². The molecule has 1 aromatic carbocycles. The van der Waals surface area contributed by atoms with Crippen LogP contribution in [0, 0.1) is 16.0 Å². The van der Waals surface area contributed by atoms with E-state index in [0.717, 1.165) is 12.8 Å². The summed E-state index contributed by atoms with van der Waals surface area (Å²) < 4.78 is 0. The monoisotopic (exact) mass is 429 g/mol. The Balaban J connectivity index is 1.84. The number of likely N-dealkylation sites (tertiary alicyclic amines) is 1. The van der Waals surface area contributed by atoms with E-state index in [-0.39, 0.29) is 42.8 Å². The average Bonchev–Trinajstić information content (AvgIpc) is 3.31. The van der Waals surface area contributed by atoms with Crippen LogP contribution in [0.15, 0.2) is 43.0 Å². The number of nitrogens with zero attached hydrogens (tertiary/aromatic N) is 3. The molecule has 2 amide bonds. The highest BCUT2D eigenvalue weighted by molar-refractivity contribution is 6.07. The second kappa shape index (κ2) is 8.99. The number of amides is 2. The number of nitro benzene ring substituents is 1. The Hall–Kier alpha value is -3.04. The number of nitro groups is 1. The van der Waals surface area contributed by atoms with E-state index in [1.54, 1.807) is 24.0 Å². The molecule has 0 aliphatic carbocycles. The summed E-state index contributed by atoms with van der Waals surface area (Å²) in [6, 6.07) is 3.80. The van der Waals surface area contributed by atoms with Crippen LogP contribution in [0.5, 0.6) is 0 Å². The molecule has 9 heteroatoms. The zero-order valence-electron chi connectivity index (χ0n) is 17.4. The second-order valence-electron chi connectivity index (χ2n) is 7.92. The third kappa shape index (κ3) is 3.98. The summed E-state index contributed by atoms with van der Waals surface area (Å²) in [5.74, 6) is -1.46. The van der Waals surface area contributed by atoms with Crippen molar-refractivity contribution in [1.29, 1.82) is 0 Å². The molecule has 0 unspecified atom stereocenters. The lowest BCUT2D eigenvalue weighted by atomic mass is 9.82. The number of hydrogen-bond donors (Lipinski definition) is 2. The summed E-state index contributed by atoms with van der Waals surface area (Å²) in [4.78, 5) is 39.2. The summed E-state index contributed by atoms with van der Waals surface area (Å²) in [6.07, 6.45) is 6.38. The van der Waals surface area contributed by atoms with Gasteiger partial charge in [-0.15, -0.1) is 6.58 Å². The van der Waals surface area contributed by atoms with E-state index in [4.69, 9.17) is 0 Å². The quantitative estimate of drug-likeness (QED) is 0.369. The standard InChI is InChI=1S/C22H27N3O6/c1-3-11-24-19-10-9-16(25(30)31)13-18(19)22(29,21(24)28)15(2)6-4-8-20(27)23-12-5-7-17(23)14-26/h3-4,6,9-10,13,15,17,26,29H,1,5,7-8,11-12,14H2,2H3/b6-4+/t15-,17+,22+/m1/s1. The van der Waals surface area contributed by atoms with Crippen molar-refractivity contribution in [3.63, 3.8) is 0 Å². The van der Waals surface area contributed by atoms with Gasteiger partial charge in [0.25, 0.3) is 11.6 Å². The Bertz CT molecular complexity index is 930. The van der Waals surface area contributed by atoms with Crippen molar-refractivity contribution < 1.29 is 24.7 Å². The number of aliphatic hydroxyl groups is 2. The molecule has 2 aliphatic rings. The van der Waals surface area contributed by atoms with Gasteiger partial charge in [0.05, 0.1) is 23.3 Å². The summed E-state index contributed by atoms with van der Waals surface area (Å²) in [5.41, 5.74) is -1.65. The topological polar surface area (TPSA) is 124 Å². The number of fused-ring (bicyclic) bond motifs is 1. The lowest BCUT2D eigenvalue weighted by molar-refractivity contribution is -0.385. The van der Waals surface area contributed by atoms with Crippen LogP contribution in [0.2, 0.25) is 0 Å². The predicted molar refractivity (Wildman–Crippen MR) is 114 cm³/mol. The molecule has 2 N–H and O–H groups in total. The largest absolute Gasteiger partial charge is 0.394 e. The molecule has 0 saturated carbocycles. The van der Waals surface area contributed by atoms with Gasteiger partial charge in [-0.2, -0.15) is 0 Å². The summed E-state index contributed by atoms with van der Waals surface area (Å²) >= 11 is 0. The lowest BCUT2D eigenvalue weighted by Gasteiger charge is -2.27. The molecule has 3 rings (SSSR count). The maximum Gasteiger partial charge on any atom is 0.269 e. The van der Waals surface area contributed by atoms with Gasteiger partial charge >= 0.3 is 0 Å². The zero-order chi connectivity index (χ0) is 22.8. The minimum atomic E-state index is -1.99. The molecule has 166 valence electrons. The van der Waals surface area contributed by atoms with E-state index in [9.17, 15) is 29.9 Å². The van der Waals surface area contributed by atoms with Crippen molar-refractivity contribution in [2.45, 2.75) is 37.8 Å². The number of hydrogen-bond acceptors (Lipinski definition) is 6. The number of carbonyl (C=O) groups is 2. The molecule has 1 aromatic rings. The summed E-state index contributed by atoms with van der Waals surface area (Å²) in [6.45, 7) is 5.94. The second-order valence-corrected chi connectivity index (χ2v) is 7.92. The van der Waals surface area contributed by atoms with Crippen LogP contribution in [0.4, 0.5) is 11.4 Å². The molecule has 2 aliphatic heterocycles. The van der Waals surface area contributed by atoms with E-state index in [1.807, 2.05) is 0 Å². The minimum absolute atomic E-state index is 0.0727. The Morgan fingerprint density at radius 1 is 1.48 bits per heavy atom. The van der Waals surface area contributed by atoms with Gasteiger partial charge in [-0.1, -0.05) is 25.2 Å². The van der Waals surface area contributed by atoms with Crippen LogP contribution >= 0.6 is 0 Å². The molecule has 0 spiro atoms. The minimum Gasteiger partial charge on any atom is -0.394 e. The smallest absolute Gasteiger partial charge is 0.269 e. The summed E-state index contributed by atoms with van der Waals surface area (Å²) in [5, 5.41) is 32.0. The van der Waals surface area contributed by atoms with Gasteiger partial charge in [0.1, 0.15) is 0 Å². The highest BCUT2D eigenvalue weighted by Crippen LogP contribution is 2.46. The molecule has 2 heterocycles. The molecule has 0 radical (unpaired) electrons. The Morgan fingerprint density at radius 2 is 2.23 bits per heavy atom. The van der Waals surface area contributed by atoms with Gasteiger partial charge in [0.2, 0.25) is 5.91 Å². The van der Waals surface area contributed by atoms with Gasteiger partial charge in [-0.25, -0.2) is 0 Å². The third-order valence-corrected chi connectivity index (χ3v) is 6.06. The first-order valence-corrected chi connectivity index (χ1v) is 10.3. The van der Waals surface area contributed by atoms with Gasteiger partial charge < -0.3 is 20.0 Å². The molecule has 9 nitrogen and oxygen atoms in total. The first kappa shape index (κ1) is 22.6. The van der Waals surface area contributed by atoms with Crippen molar-refractivity contribution in [3.8, 4) is 0 Å². The Labute approximate surface area is 180 Å². The molecule has 0 aromatic heterocycles. The first-order chi connectivity index (χ1) is 14.7. The molecule has 0 bridgehead atoms. The van der Waals surface area contributed by atoms with Gasteiger partial charge in [-0.05, 0) is 18.9 Å². The summed E-state index contributed by atoms with van der Waals surface area (Å²) in [7, 11) is 0.